The lowest BCUT2D eigenvalue weighted by Gasteiger charge is -2.35. The Bertz CT molecular complexity index is 2380. The molecule has 13 nitrogen and oxygen atoms in total. The molecule has 1 unspecified atom stereocenters. The second-order valence-corrected chi connectivity index (χ2v) is 19.8. The predicted octanol–water partition coefficient (Wildman–Crippen LogP) is 5.78. The molecule has 0 bridgehead atoms. The largest absolute Gasteiger partial charge is 0.472 e. The number of fused-ring (bicyclic) bond motifs is 7. The smallest absolute Gasteiger partial charge is 0.408 e. The second-order valence-electron chi connectivity index (χ2n) is 16.8. The van der Waals surface area contributed by atoms with Gasteiger partial charge in [0.25, 0.3) is 5.91 Å². The maximum atomic E-state index is 14.5. The summed E-state index contributed by atoms with van der Waals surface area (Å²) in [5.74, 6) is -1.83. The SMILES string of the molecule is CC(C)(C)OC(=O)N[C@H]1CCCCC/C=C\[C@@H]2C[C@@]2(C(=O)NS(=O)(=O)C2CC2)NC(=O)[C@@H]2C[C@@H](Oc3nc4c5ccc(F)cc5sc4c4ccccc34)CN2C1O. The molecule has 0 radical (unpaired) electrons. The molecule has 16 heteroatoms. The molecule has 304 valence electrons. The van der Waals surface area contributed by atoms with Crippen molar-refractivity contribution in [2.45, 2.75) is 119 Å². The van der Waals surface area contributed by atoms with Crippen molar-refractivity contribution in [3.63, 3.8) is 0 Å². The number of ether oxygens (including phenoxy) is 2. The Kier molecular flexibility index (Phi) is 10.4. The molecule has 2 saturated carbocycles. The number of sulfonamides is 1. The van der Waals surface area contributed by atoms with Crippen LogP contribution in [0, 0.1) is 11.7 Å². The zero-order valence-electron chi connectivity index (χ0n) is 32.1. The van der Waals surface area contributed by atoms with Crippen molar-refractivity contribution in [1.29, 1.82) is 0 Å². The fraction of sp³-hybridized carbons (Fsp3) is 0.512. The molecule has 6 atom stereocenters. The van der Waals surface area contributed by atoms with Crippen molar-refractivity contribution < 1.29 is 41.8 Å². The molecule has 1 saturated heterocycles. The van der Waals surface area contributed by atoms with Crippen LogP contribution in [-0.4, -0.2) is 88.7 Å². The van der Waals surface area contributed by atoms with E-state index in [0.717, 1.165) is 38.4 Å². The van der Waals surface area contributed by atoms with E-state index in [-0.39, 0.29) is 25.2 Å². The number of halogens is 1. The van der Waals surface area contributed by atoms with Gasteiger partial charge >= 0.3 is 6.09 Å². The number of thiophene rings is 1. The van der Waals surface area contributed by atoms with Crippen molar-refractivity contribution in [1.82, 2.24) is 25.2 Å². The number of aliphatic hydroxyl groups excluding tert-OH is 1. The Morgan fingerprint density at radius 1 is 1.07 bits per heavy atom. The van der Waals surface area contributed by atoms with Crippen molar-refractivity contribution in [3.8, 4) is 5.88 Å². The highest BCUT2D eigenvalue weighted by Crippen LogP contribution is 2.46. The predicted molar refractivity (Wildman–Crippen MR) is 215 cm³/mol. The average Bonchev–Trinajstić information content (AvgIpc) is 4.05. The number of carbonyl (C=O) groups is 3. The van der Waals surface area contributed by atoms with Gasteiger partial charge in [0, 0.05) is 39.7 Å². The summed E-state index contributed by atoms with van der Waals surface area (Å²) in [6, 6.07) is 10.3. The molecule has 8 rings (SSSR count). The molecule has 4 heterocycles. The molecule has 4 aliphatic rings. The van der Waals surface area contributed by atoms with E-state index in [4.69, 9.17) is 14.5 Å². The molecule has 2 aromatic carbocycles. The Labute approximate surface area is 334 Å². The number of rotatable bonds is 6. The van der Waals surface area contributed by atoms with Crippen LogP contribution in [0.3, 0.4) is 0 Å². The maximum absolute atomic E-state index is 14.5. The van der Waals surface area contributed by atoms with Crippen molar-refractivity contribution in [2.75, 3.05) is 6.54 Å². The van der Waals surface area contributed by atoms with Crippen molar-refractivity contribution in [3.05, 3.63) is 60.4 Å². The van der Waals surface area contributed by atoms with Crippen molar-refractivity contribution in [2.24, 2.45) is 5.92 Å². The summed E-state index contributed by atoms with van der Waals surface area (Å²) < 4.78 is 56.1. The minimum absolute atomic E-state index is 0.0496. The van der Waals surface area contributed by atoms with Gasteiger partial charge in [-0.1, -0.05) is 43.2 Å². The summed E-state index contributed by atoms with van der Waals surface area (Å²) in [7, 11) is -3.90. The summed E-state index contributed by atoms with van der Waals surface area (Å²) in [6.45, 7) is 5.28. The van der Waals surface area contributed by atoms with E-state index in [9.17, 15) is 32.3 Å². The van der Waals surface area contributed by atoms with E-state index >= 15 is 0 Å². The number of nitrogens with zero attached hydrogens (tertiary/aromatic N) is 2. The molecule has 2 aliphatic carbocycles. The highest BCUT2D eigenvalue weighted by Gasteiger charge is 2.62. The summed E-state index contributed by atoms with van der Waals surface area (Å²) in [5.41, 5.74) is -1.64. The molecule has 4 aromatic rings. The third kappa shape index (κ3) is 8.18. The first kappa shape index (κ1) is 39.4. The molecule has 4 N–H and O–H groups in total. The molecular formula is C41H48FN5O8S2. The number of hydrogen-bond acceptors (Lipinski definition) is 11. The van der Waals surface area contributed by atoms with E-state index in [1.807, 2.05) is 36.4 Å². The number of carbonyl (C=O) groups excluding carboxylic acids is 3. The van der Waals surface area contributed by atoms with Gasteiger partial charge in [0.1, 0.15) is 29.3 Å². The molecule has 2 aliphatic heterocycles. The fourth-order valence-electron chi connectivity index (χ4n) is 8.10. The van der Waals surface area contributed by atoms with E-state index in [0.29, 0.717) is 43.5 Å². The topological polar surface area (TPSA) is 176 Å². The highest BCUT2D eigenvalue weighted by atomic mass is 32.2. The third-order valence-corrected chi connectivity index (χ3v) is 14.2. The minimum Gasteiger partial charge on any atom is -0.472 e. The Morgan fingerprint density at radius 3 is 2.60 bits per heavy atom. The van der Waals surface area contributed by atoms with Crippen LogP contribution in [-0.2, 0) is 24.3 Å². The van der Waals surface area contributed by atoms with Gasteiger partial charge in [-0.15, -0.1) is 11.3 Å². The van der Waals surface area contributed by atoms with Gasteiger partial charge in [-0.25, -0.2) is 22.6 Å². The standard InChI is InChI=1S/C41H48FN5O8S2/c1-40(2,3)55-39(51)43-30-14-8-6-4-5-7-11-23-21-41(23,38(50)46-57(52,53)26-16-17-26)45-35(48)31-20-25(22-47(31)37(30)49)54-36-28-13-10-9-12-27(28)34-33(44-36)29-18-15-24(42)19-32(29)56-34/h7,9-13,15,18-19,23,25-26,30-31,37,49H,4-6,8,14,16-17,20-22H2,1-3H3,(H,43,51)(H,45,48)(H,46,50)/b11-7-/t23-,25-,30+,31+,37?,41-/m1/s1. The number of benzene rings is 2. The number of pyridine rings is 1. The Balaban J connectivity index is 1.14. The zero-order chi connectivity index (χ0) is 40.3. The number of nitrogens with one attached hydrogen (secondary N) is 3. The van der Waals surface area contributed by atoms with Crippen LogP contribution in [0.25, 0.3) is 31.1 Å². The third-order valence-electron chi connectivity index (χ3n) is 11.2. The lowest BCUT2D eigenvalue weighted by atomic mass is 10.0. The highest BCUT2D eigenvalue weighted by molar-refractivity contribution is 7.91. The van der Waals surface area contributed by atoms with Crippen molar-refractivity contribution >= 4 is 70.3 Å². The normalized spacial score (nSPS) is 28.1. The number of amides is 3. The molecular weight excluding hydrogens is 774 g/mol. The molecule has 57 heavy (non-hydrogen) atoms. The van der Waals surface area contributed by atoms with Crippen LogP contribution < -0.4 is 20.1 Å². The number of hydrogen-bond donors (Lipinski definition) is 4. The number of allylic oxidation sites excluding steroid dienone is 1. The summed E-state index contributed by atoms with van der Waals surface area (Å²) >= 11 is 1.44. The van der Waals surface area contributed by atoms with E-state index in [1.54, 1.807) is 31.7 Å². The van der Waals surface area contributed by atoms with Gasteiger partial charge in [0.15, 0.2) is 0 Å². The van der Waals surface area contributed by atoms with Crippen LogP contribution in [0.5, 0.6) is 5.88 Å². The van der Waals surface area contributed by atoms with Crippen LogP contribution in [0.4, 0.5) is 9.18 Å². The molecule has 3 amide bonds. The van der Waals surface area contributed by atoms with E-state index < -0.39 is 74.7 Å². The quantitative estimate of drug-likeness (QED) is 0.175. The molecule has 0 spiro atoms. The first-order valence-corrected chi connectivity index (χ1v) is 22.0. The summed E-state index contributed by atoms with van der Waals surface area (Å²) in [5, 5.41) is 19.7. The summed E-state index contributed by atoms with van der Waals surface area (Å²) in [6.07, 6.45) is 5.65. The maximum Gasteiger partial charge on any atom is 0.408 e. The minimum atomic E-state index is -3.90. The summed E-state index contributed by atoms with van der Waals surface area (Å²) in [4.78, 5) is 48.0. The van der Waals surface area contributed by atoms with Gasteiger partial charge in [0.2, 0.25) is 21.8 Å². The number of aliphatic hydroxyl groups is 1. The van der Waals surface area contributed by atoms with Gasteiger partial charge in [-0.3, -0.25) is 19.2 Å². The Hall–Kier alpha value is -4.38. The van der Waals surface area contributed by atoms with E-state index in [1.165, 1.54) is 23.5 Å². The van der Waals surface area contributed by atoms with Gasteiger partial charge in [-0.05, 0) is 83.6 Å². The number of aromatic nitrogens is 1. The molecule has 3 fully saturated rings. The van der Waals surface area contributed by atoms with Gasteiger partial charge < -0.3 is 25.2 Å². The fourth-order valence-corrected chi connectivity index (χ4v) is 10.7. The molecule has 2 aromatic heterocycles. The van der Waals surface area contributed by atoms with Crippen LogP contribution >= 0.6 is 11.3 Å². The van der Waals surface area contributed by atoms with Crippen LogP contribution in [0.15, 0.2) is 54.6 Å². The second kappa shape index (κ2) is 15.1. The average molecular weight is 822 g/mol. The first-order chi connectivity index (χ1) is 27.1. The zero-order valence-corrected chi connectivity index (χ0v) is 33.8. The lowest BCUT2D eigenvalue weighted by Crippen LogP contribution is -2.59. The van der Waals surface area contributed by atoms with Gasteiger partial charge in [0.05, 0.1) is 27.6 Å². The van der Waals surface area contributed by atoms with Crippen LogP contribution in [0.2, 0.25) is 0 Å². The Morgan fingerprint density at radius 2 is 1.84 bits per heavy atom. The monoisotopic (exact) mass is 821 g/mol. The first-order valence-electron chi connectivity index (χ1n) is 19.7. The van der Waals surface area contributed by atoms with Crippen LogP contribution in [0.1, 0.15) is 78.6 Å². The van der Waals surface area contributed by atoms with E-state index in [2.05, 4.69) is 15.4 Å². The van der Waals surface area contributed by atoms with Gasteiger partial charge in [-0.2, -0.15) is 0 Å². The number of alkyl carbamates (subject to hydrolysis) is 1. The lowest BCUT2D eigenvalue weighted by molar-refractivity contribution is -0.135.